The minimum atomic E-state index is -1.61. The second-order valence-electron chi connectivity index (χ2n) is 9.28. The topological polar surface area (TPSA) is 83.8 Å². The van der Waals surface area contributed by atoms with Crippen LogP contribution >= 0.6 is 0 Å². The molecule has 0 spiro atoms. The first-order valence-electron chi connectivity index (χ1n) is 10.3. The van der Waals surface area contributed by atoms with Gasteiger partial charge < -0.3 is 14.9 Å². The van der Waals surface area contributed by atoms with E-state index in [-0.39, 0.29) is 35.4 Å². The number of ketones is 2. The third-order valence-corrected chi connectivity index (χ3v) is 8.10. The molecule has 4 aliphatic carbocycles. The Balaban J connectivity index is 1.73. The van der Waals surface area contributed by atoms with Gasteiger partial charge in [-0.15, -0.1) is 0 Å². The molecule has 2 N–H and O–H groups in total. The van der Waals surface area contributed by atoms with E-state index in [4.69, 9.17) is 4.74 Å². The van der Waals surface area contributed by atoms with Gasteiger partial charge in [-0.3, -0.25) is 9.59 Å². The molecule has 0 aromatic carbocycles. The zero-order valence-corrected chi connectivity index (χ0v) is 16.9. The molecule has 0 unspecified atom stereocenters. The average molecular weight is 386 g/mol. The van der Waals surface area contributed by atoms with E-state index in [1.54, 1.807) is 0 Å². The van der Waals surface area contributed by atoms with Crippen molar-refractivity contribution >= 4 is 11.6 Å². The fraction of sp³-hybridized carbons (Fsp3) is 0.652. The molecule has 0 aromatic heterocycles. The van der Waals surface area contributed by atoms with Gasteiger partial charge in [-0.1, -0.05) is 26.0 Å². The minimum Gasteiger partial charge on any atom is -0.494 e. The van der Waals surface area contributed by atoms with Gasteiger partial charge in [0.1, 0.15) is 23.8 Å². The lowest BCUT2D eigenvalue weighted by Crippen LogP contribution is -2.60. The van der Waals surface area contributed by atoms with Gasteiger partial charge in [0.15, 0.2) is 5.78 Å². The van der Waals surface area contributed by atoms with E-state index in [1.807, 2.05) is 26.0 Å². The van der Waals surface area contributed by atoms with Crippen molar-refractivity contribution in [3.63, 3.8) is 0 Å². The van der Waals surface area contributed by atoms with Gasteiger partial charge >= 0.3 is 0 Å². The van der Waals surface area contributed by atoms with Gasteiger partial charge in [0.25, 0.3) is 0 Å². The van der Waals surface area contributed by atoms with Crippen molar-refractivity contribution in [1.82, 2.24) is 0 Å². The monoisotopic (exact) mass is 386 g/mol. The molecule has 0 heterocycles. The molecule has 0 aliphatic heterocycles. The van der Waals surface area contributed by atoms with Crippen LogP contribution in [0, 0.1) is 28.6 Å². The molecule has 2 fully saturated rings. The number of fused-ring (bicyclic) bond motifs is 5. The summed E-state index contributed by atoms with van der Waals surface area (Å²) >= 11 is 0. The summed E-state index contributed by atoms with van der Waals surface area (Å²) in [4.78, 5) is 25.8. The maximum Gasteiger partial charge on any atom is 0.190 e. The first kappa shape index (κ1) is 19.6. The highest BCUT2D eigenvalue weighted by molar-refractivity contribution is 5.92. The van der Waals surface area contributed by atoms with Gasteiger partial charge in [0.05, 0.1) is 6.61 Å². The fourth-order valence-electron chi connectivity index (χ4n) is 6.64. The number of Topliss-reactive ketones (excluding diaryl/α,β-unsaturated/α-hetero) is 2. The van der Waals surface area contributed by atoms with Crippen LogP contribution in [0.2, 0.25) is 0 Å². The molecule has 6 atom stereocenters. The van der Waals surface area contributed by atoms with Crippen LogP contribution in [0.15, 0.2) is 35.6 Å². The highest BCUT2D eigenvalue weighted by Gasteiger charge is 2.67. The Morgan fingerprint density at radius 2 is 2.11 bits per heavy atom. The summed E-state index contributed by atoms with van der Waals surface area (Å²) in [5.41, 5.74) is -1.68. The van der Waals surface area contributed by atoms with Crippen molar-refractivity contribution in [1.29, 1.82) is 0 Å². The summed E-state index contributed by atoms with van der Waals surface area (Å²) in [6.07, 6.45) is 10.3. The SMILES string of the molecule is CCOC1=CC2=CC[C@@H]3[C@H](C(=O)C[C@@]4(C)[C@H]3CC[C@]4(O)C(=O)CO)[C@@]2(C)C=C1. The molecule has 5 nitrogen and oxygen atoms in total. The van der Waals surface area contributed by atoms with Crippen molar-refractivity contribution in [3.8, 4) is 0 Å². The van der Waals surface area contributed by atoms with Crippen LogP contribution in [-0.4, -0.2) is 40.6 Å². The summed E-state index contributed by atoms with van der Waals surface area (Å²) in [7, 11) is 0. The Morgan fingerprint density at radius 3 is 2.79 bits per heavy atom. The molecule has 2 saturated carbocycles. The number of carbonyl (C=O) groups excluding carboxylic acids is 2. The second-order valence-corrected chi connectivity index (χ2v) is 9.28. The number of rotatable bonds is 4. The molecular weight excluding hydrogens is 356 g/mol. The number of carbonyl (C=O) groups is 2. The summed E-state index contributed by atoms with van der Waals surface area (Å²) < 4.78 is 5.65. The predicted octanol–water partition coefficient (Wildman–Crippen LogP) is 2.73. The molecule has 4 aliphatic rings. The lowest BCUT2D eigenvalue weighted by atomic mass is 9.47. The van der Waals surface area contributed by atoms with Crippen LogP contribution in [0.5, 0.6) is 0 Å². The second kappa shape index (κ2) is 6.39. The van der Waals surface area contributed by atoms with Crippen molar-refractivity contribution in [3.05, 3.63) is 35.6 Å². The van der Waals surface area contributed by atoms with Crippen LogP contribution in [0.25, 0.3) is 0 Å². The van der Waals surface area contributed by atoms with E-state index in [1.165, 1.54) is 0 Å². The summed E-state index contributed by atoms with van der Waals surface area (Å²) in [6, 6.07) is 0. The van der Waals surface area contributed by atoms with Crippen LogP contribution in [-0.2, 0) is 14.3 Å². The Labute approximate surface area is 166 Å². The van der Waals surface area contributed by atoms with Gasteiger partial charge in [-0.05, 0) is 55.7 Å². The Bertz CT molecular complexity index is 808. The van der Waals surface area contributed by atoms with Gasteiger partial charge in [-0.2, -0.15) is 0 Å². The molecule has 0 bridgehead atoms. The molecule has 0 amide bonds. The van der Waals surface area contributed by atoms with Crippen LogP contribution < -0.4 is 0 Å². The van der Waals surface area contributed by atoms with Crippen LogP contribution in [0.4, 0.5) is 0 Å². The van der Waals surface area contributed by atoms with Crippen LogP contribution in [0.3, 0.4) is 0 Å². The Morgan fingerprint density at radius 1 is 1.36 bits per heavy atom. The number of hydrogen-bond donors (Lipinski definition) is 2. The number of hydrogen-bond acceptors (Lipinski definition) is 5. The number of aliphatic hydroxyl groups is 2. The smallest absolute Gasteiger partial charge is 0.190 e. The molecule has 0 saturated heterocycles. The maximum atomic E-state index is 13.4. The highest BCUT2D eigenvalue weighted by atomic mass is 16.5. The third kappa shape index (κ3) is 2.38. The number of aliphatic hydroxyl groups excluding tert-OH is 1. The van der Waals surface area contributed by atoms with E-state index < -0.39 is 23.4 Å². The first-order chi connectivity index (χ1) is 13.2. The standard InChI is InChI=1S/C23H30O5/c1-4-28-15-7-9-21(2)14(11-15)5-6-16-17-8-10-23(27,19(26)13-24)22(17,3)12-18(25)20(16)21/h5,7,9,11,16-17,20,24,27H,4,6,8,10,12-13H2,1-3H3/t16-,17-,20+,21-,22-,23-/m0/s1. The Kier molecular flexibility index (Phi) is 4.47. The van der Waals surface area contributed by atoms with Crippen molar-refractivity contribution in [2.45, 2.75) is 52.1 Å². The zero-order valence-electron chi connectivity index (χ0n) is 16.9. The summed E-state index contributed by atoms with van der Waals surface area (Å²) in [5.74, 6) is 0.391. The lowest BCUT2D eigenvalue weighted by molar-refractivity contribution is -0.167. The minimum absolute atomic E-state index is 0.0796. The maximum absolute atomic E-state index is 13.4. The van der Waals surface area contributed by atoms with E-state index in [0.29, 0.717) is 19.4 Å². The van der Waals surface area contributed by atoms with Crippen LogP contribution in [0.1, 0.15) is 46.5 Å². The molecule has 0 aromatic rings. The molecule has 152 valence electrons. The van der Waals surface area contributed by atoms with E-state index in [2.05, 4.69) is 19.1 Å². The largest absolute Gasteiger partial charge is 0.494 e. The zero-order chi connectivity index (χ0) is 20.3. The fourth-order valence-corrected chi connectivity index (χ4v) is 6.64. The third-order valence-electron chi connectivity index (χ3n) is 8.10. The first-order valence-corrected chi connectivity index (χ1v) is 10.3. The number of allylic oxidation sites excluding steroid dienone is 5. The molecule has 5 heteroatoms. The normalized spacial score (nSPS) is 44.2. The van der Waals surface area contributed by atoms with Gasteiger partial charge in [-0.25, -0.2) is 0 Å². The van der Waals surface area contributed by atoms with Crippen molar-refractivity contribution in [2.75, 3.05) is 13.2 Å². The molecule has 4 rings (SSSR count). The molecule has 28 heavy (non-hydrogen) atoms. The summed E-state index contributed by atoms with van der Waals surface area (Å²) in [5, 5.41) is 20.6. The van der Waals surface area contributed by atoms with Gasteiger partial charge in [0.2, 0.25) is 0 Å². The predicted molar refractivity (Wildman–Crippen MR) is 104 cm³/mol. The van der Waals surface area contributed by atoms with E-state index in [0.717, 1.165) is 17.8 Å². The average Bonchev–Trinajstić information content (AvgIpc) is 2.93. The van der Waals surface area contributed by atoms with Gasteiger partial charge in [0, 0.05) is 23.2 Å². The molecule has 0 radical (unpaired) electrons. The number of ether oxygens (including phenoxy) is 1. The highest BCUT2D eigenvalue weighted by Crippen LogP contribution is 2.65. The van der Waals surface area contributed by atoms with E-state index in [9.17, 15) is 19.8 Å². The van der Waals surface area contributed by atoms with Crippen molar-refractivity contribution in [2.24, 2.45) is 28.6 Å². The van der Waals surface area contributed by atoms with E-state index >= 15 is 0 Å². The summed E-state index contributed by atoms with van der Waals surface area (Å²) in [6.45, 7) is 5.86. The quantitative estimate of drug-likeness (QED) is 0.776. The molecular formula is C23H30O5. The lowest BCUT2D eigenvalue weighted by Gasteiger charge is -2.55. The van der Waals surface area contributed by atoms with Crippen molar-refractivity contribution < 1.29 is 24.5 Å². The Hall–Kier alpha value is -1.72.